The standard InChI is InChI=1S/C30H32N6OS/c1-19-8-10-23(11-9-19)33-27(37)13-16-35-29(28(34-30(35)38)25-7-5-6-14-31-25)24-18-21(3)36(22(24)4)26-17-20(2)12-15-32-26/h5-12,14-15,17-18,28-29H,13,16H2,1-4H3,(H,33,37)(H,34,38). The number of benzene rings is 1. The Labute approximate surface area is 228 Å². The molecule has 4 aromatic rings. The van der Waals surface area contributed by atoms with Crippen LogP contribution in [0.1, 0.15) is 52.3 Å². The van der Waals surface area contributed by atoms with E-state index in [9.17, 15) is 4.79 Å². The van der Waals surface area contributed by atoms with Crippen molar-refractivity contribution in [1.29, 1.82) is 0 Å². The number of anilines is 1. The summed E-state index contributed by atoms with van der Waals surface area (Å²) in [5.41, 5.74) is 7.31. The first-order valence-electron chi connectivity index (χ1n) is 12.8. The monoisotopic (exact) mass is 524 g/mol. The van der Waals surface area contributed by atoms with E-state index in [1.807, 2.05) is 61.7 Å². The second kappa shape index (κ2) is 10.8. The van der Waals surface area contributed by atoms with Crippen molar-refractivity contribution in [3.05, 3.63) is 107 Å². The van der Waals surface area contributed by atoms with Gasteiger partial charge in [-0.2, -0.15) is 0 Å². The third-order valence-corrected chi connectivity index (χ3v) is 7.38. The summed E-state index contributed by atoms with van der Waals surface area (Å²) in [6.45, 7) is 8.78. The third kappa shape index (κ3) is 5.17. The van der Waals surface area contributed by atoms with E-state index < -0.39 is 0 Å². The summed E-state index contributed by atoms with van der Waals surface area (Å²) in [7, 11) is 0. The molecule has 2 unspecified atom stereocenters. The Morgan fingerprint density at radius 2 is 1.76 bits per heavy atom. The highest BCUT2D eigenvalue weighted by atomic mass is 32.1. The number of hydrogen-bond donors (Lipinski definition) is 2. The molecule has 4 heterocycles. The third-order valence-electron chi connectivity index (χ3n) is 7.03. The van der Waals surface area contributed by atoms with Crippen LogP contribution in [-0.4, -0.2) is 37.0 Å². The van der Waals surface area contributed by atoms with Crippen LogP contribution >= 0.6 is 12.2 Å². The van der Waals surface area contributed by atoms with Crippen LogP contribution in [0.3, 0.4) is 0 Å². The first-order chi connectivity index (χ1) is 18.3. The van der Waals surface area contributed by atoms with E-state index in [4.69, 9.17) is 12.2 Å². The van der Waals surface area contributed by atoms with E-state index in [0.29, 0.717) is 18.1 Å². The Morgan fingerprint density at radius 3 is 2.47 bits per heavy atom. The van der Waals surface area contributed by atoms with Crippen LogP contribution in [0.25, 0.3) is 5.82 Å². The van der Waals surface area contributed by atoms with Gasteiger partial charge in [0.2, 0.25) is 5.91 Å². The fraction of sp³-hybridized carbons (Fsp3) is 0.267. The van der Waals surface area contributed by atoms with Gasteiger partial charge in [0, 0.05) is 42.4 Å². The van der Waals surface area contributed by atoms with Gasteiger partial charge in [-0.05, 0) is 93.5 Å². The number of amides is 1. The van der Waals surface area contributed by atoms with E-state index in [2.05, 4.69) is 63.0 Å². The van der Waals surface area contributed by atoms with E-state index in [0.717, 1.165) is 45.3 Å². The quantitative estimate of drug-likeness (QED) is 0.311. The number of pyridine rings is 2. The predicted octanol–water partition coefficient (Wildman–Crippen LogP) is 5.50. The lowest BCUT2D eigenvalue weighted by atomic mass is 9.96. The van der Waals surface area contributed by atoms with Crippen LogP contribution in [0.2, 0.25) is 0 Å². The number of nitrogens with zero attached hydrogens (tertiary/aromatic N) is 4. The Bertz CT molecular complexity index is 1460. The molecule has 0 bridgehead atoms. The molecule has 2 N–H and O–H groups in total. The summed E-state index contributed by atoms with van der Waals surface area (Å²) in [5, 5.41) is 7.11. The highest BCUT2D eigenvalue weighted by Crippen LogP contribution is 2.41. The number of carbonyl (C=O) groups excluding carboxylic acids is 1. The van der Waals surface area contributed by atoms with Crippen LogP contribution in [0.5, 0.6) is 0 Å². The lowest BCUT2D eigenvalue weighted by Gasteiger charge is -2.28. The topological polar surface area (TPSA) is 75.1 Å². The molecule has 1 fully saturated rings. The van der Waals surface area contributed by atoms with Crippen LogP contribution in [-0.2, 0) is 4.79 Å². The lowest BCUT2D eigenvalue weighted by molar-refractivity contribution is -0.116. The second-order valence-electron chi connectivity index (χ2n) is 9.84. The SMILES string of the molecule is Cc1ccc(NC(=O)CCN2C(=S)NC(c3ccccn3)C2c2cc(C)n(-c3cc(C)ccn3)c2C)cc1. The van der Waals surface area contributed by atoms with Crippen molar-refractivity contribution in [1.82, 2.24) is 24.8 Å². The molecule has 0 saturated carbocycles. The maximum Gasteiger partial charge on any atom is 0.226 e. The molecular formula is C30H32N6OS. The van der Waals surface area contributed by atoms with Gasteiger partial charge in [-0.3, -0.25) is 9.78 Å². The molecule has 7 nitrogen and oxygen atoms in total. The number of hydrogen-bond acceptors (Lipinski definition) is 4. The van der Waals surface area contributed by atoms with E-state index in [-0.39, 0.29) is 18.0 Å². The minimum atomic E-state index is -0.150. The Morgan fingerprint density at radius 1 is 0.974 bits per heavy atom. The minimum Gasteiger partial charge on any atom is -0.352 e. The van der Waals surface area contributed by atoms with Crippen LogP contribution in [0.15, 0.2) is 73.1 Å². The minimum absolute atomic E-state index is 0.0499. The second-order valence-corrected chi connectivity index (χ2v) is 10.2. The van der Waals surface area contributed by atoms with Gasteiger partial charge in [-0.25, -0.2) is 4.98 Å². The van der Waals surface area contributed by atoms with Gasteiger partial charge in [-0.15, -0.1) is 0 Å². The summed E-state index contributed by atoms with van der Waals surface area (Å²) in [5.74, 6) is 0.837. The van der Waals surface area contributed by atoms with Gasteiger partial charge in [0.15, 0.2) is 5.11 Å². The van der Waals surface area contributed by atoms with Crippen LogP contribution < -0.4 is 10.6 Å². The van der Waals surface area contributed by atoms with Gasteiger partial charge >= 0.3 is 0 Å². The average molecular weight is 525 g/mol. The van der Waals surface area contributed by atoms with Crippen molar-refractivity contribution in [2.75, 3.05) is 11.9 Å². The van der Waals surface area contributed by atoms with E-state index >= 15 is 0 Å². The molecule has 5 rings (SSSR count). The van der Waals surface area contributed by atoms with Crippen LogP contribution in [0, 0.1) is 27.7 Å². The normalized spacial score (nSPS) is 16.9. The number of carbonyl (C=O) groups is 1. The lowest BCUT2D eigenvalue weighted by Crippen LogP contribution is -2.32. The van der Waals surface area contributed by atoms with E-state index in [1.165, 1.54) is 0 Å². The maximum atomic E-state index is 12.9. The molecule has 0 aliphatic carbocycles. The molecule has 1 amide bonds. The highest BCUT2D eigenvalue weighted by Gasteiger charge is 2.41. The largest absolute Gasteiger partial charge is 0.352 e. The molecule has 1 aliphatic heterocycles. The fourth-order valence-electron chi connectivity index (χ4n) is 5.15. The zero-order valence-corrected chi connectivity index (χ0v) is 22.9. The molecule has 2 atom stereocenters. The van der Waals surface area contributed by atoms with Crippen molar-refractivity contribution in [3.63, 3.8) is 0 Å². The van der Waals surface area contributed by atoms with Gasteiger partial charge in [-0.1, -0.05) is 23.8 Å². The highest BCUT2D eigenvalue weighted by molar-refractivity contribution is 7.80. The zero-order chi connectivity index (χ0) is 26.8. The number of nitrogens with one attached hydrogen (secondary N) is 2. The molecule has 0 spiro atoms. The van der Waals surface area contributed by atoms with Gasteiger partial charge in [0.1, 0.15) is 5.82 Å². The fourth-order valence-corrected chi connectivity index (χ4v) is 5.48. The van der Waals surface area contributed by atoms with Crippen molar-refractivity contribution in [2.24, 2.45) is 0 Å². The van der Waals surface area contributed by atoms with Crippen molar-refractivity contribution >= 4 is 28.9 Å². The number of rotatable bonds is 7. The molecule has 1 aromatic carbocycles. The number of thiocarbonyl (C=S) groups is 1. The van der Waals surface area contributed by atoms with Crippen LogP contribution in [0.4, 0.5) is 5.69 Å². The zero-order valence-electron chi connectivity index (χ0n) is 22.1. The van der Waals surface area contributed by atoms with Gasteiger partial charge in [0.25, 0.3) is 0 Å². The van der Waals surface area contributed by atoms with Gasteiger partial charge in [0.05, 0.1) is 17.8 Å². The molecule has 1 aliphatic rings. The Hall–Kier alpha value is -4.04. The maximum absolute atomic E-state index is 12.9. The summed E-state index contributed by atoms with van der Waals surface area (Å²) in [6.07, 6.45) is 3.94. The molecular weight excluding hydrogens is 492 g/mol. The summed E-state index contributed by atoms with van der Waals surface area (Å²) in [6, 6.07) is 19.7. The summed E-state index contributed by atoms with van der Waals surface area (Å²) < 4.78 is 2.18. The van der Waals surface area contributed by atoms with Crippen molar-refractivity contribution < 1.29 is 4.79 Å². The van der Waals surface area contributed by atoms with E-state index in [1.54, 1.807) is 6.20 Å². The average Bonchev–Trinajstić information content (AvgIpc) is 3.39. The molecule has 0 radical (unpaired) electrons. The van der Waals surface area contributed by atoms with Crippen molar-refractivity contribution in [3.8, 4) is 5.82 Å². The van der Waals surface area contributed by atoms with Crippen molar-refractivity contribution in [2.45, 2.75) is 46.2 Å². The first kappa shape index (κ1) is 25.6. The summed E-state index contributed by atoms with van der Waals surface area (Å²) >= 11 is 5.82. The molecule has 1 saturated heterocycles. The molecule has 8 heteroatoms. The smallest absolute Gasteiger partial charge is 0.226 e. The molecule has 194 valence electrons. The molecule has 38 heavy (non-hydrogen) atoms. The first-order valence-corrected chi connectivity index (χ1v) is 13.2. The Kier molecular flexibility index (Phi) is 7.24. The number of aryl methyl sites for hydroxylation is 3. The summed E-state index contributed by atoms with van der Waals surface area (Å²) in [4.78, 5) is 24.3. The van der Waals surface area contributed by atoms with Gasteiger partial charge < -0.3 is 20.1 Å². The molecule has 3 aromatic heterocycles. The predicted molar refractivity (Wildman–Crippen MR) is 154 cm³/mol. The number of aromatic nitrogens is 3. The Balaban J connectivity index is 1.46.